The SMILES string of the molecule is Cc1cc(Br)c(F)cc1NC(=O)NC(C(=O)O)C(C)C. The molecule has 0 fully saturated rings. The number of carboxylic acids is 1. The fourth-order valence-electron chi connectivity index (χ4n) is 1.59. The summed E-state index contributed by atoms with van der Waals surface area (Å²) in [5.41, 5.74) is 0.945. The lowest BCUT2D eigenvalue weighted by Gasteiger charge is -2.18. The molecule has 110 valence electrons. The van der Waals surface area contributed by atoms with E-state index in [0.29, 0.717) is 10.0 Å². The number of aliphatic carboxylic acids is 1. The Kier molecular flexibility index (Phi) is 5.50. The highest BCUT2D eigenvalue weighted by Gasteiger charge is 2.23. The first-order chi connectivity index (χ1) is 9.22. The Labute approximate surface area is 124 Å². The van der Waals surface area contributed by atoms with Crippen molar-refractivity contribution in [3.8, 4) is 0 Å². The van der Waals surface area contributed by atoms with Gasteiger partial charge in [-0.25, -0.2) is 14.0 Å². The predicted octanol–water partition coefficient (Wildman–Crippen LogP) is 3.13. The zero-order valence-electron chi connectivity index (χ0n) is 11.3. The Morgan fingerprint density at radius 3 is 2.45 bits per heavy atom. The van der Waals surface area contributed by atoms with E-state index in [4.69, 9.17) is 5.11 Å². The number of carbonyl (C=O) groups is 2. The lowest BCUT2D eigenvalue weighted by molar-refractivity contribution is -0.140. The third-order valence-electron chi connectivity index (χ3n) is 2.73. The summed E-state index contributed by atoms with van der Waals surface area (Å²) in [4.78, 5) is 22.7. The van der Waals surface area contributed by atoms with Crippen LogP contribution in [-0.4, -0.2) is 23.1 Å². The molecule has 20 heavy (non-hydrogen) atoms. The van der Waals surface area contributed by atoms with Gasteiger partial charge in [0.25, 0.3) is 0 Å². The molecule has 1 unspecified atom stereocenters. The second kappa shape index (κ2) is 6.69. The molecule has 0 aromatic heterocycles. The van der Waals surface area contributed by atoms with Gasteiger partial charge in [0.05, 0.1) is 4.47 Å². The van der Waals surface area contributed by atoms with Crippen molar-refractivity contribution in [3.63, 3.8) is 0 Å². The molecule has 5 nitrogen and oxygen atoms in total. The van der Waals surface area contributed by atoms with Gasteiger partial charge in [-0.2, -0.15) is 0 Å². The highest BCUT2D eigenvalue weighted by atomic mass is 79.9. The van der Waals surface area contributed by atoms with Crippen LogP contribution in [0, 0.1) is 18.7 Å². The Hall–Kier alpha value is -1.63. The van der Waals surface area contributed by atoms with Crippen molar-refractivity contribution in [2.24, 2.45) is 5.92 Å². The Bertz CT molecular complexity index is 535. The fraction of sp³-hybridized carbons (Fsp3) is 0.385. The van der Waals surface area contributed by atoms with E-state index < -0.39 is 23.9 Å². The van der Waals surface area contributed by atoms with Crippen molar-refractivity contribution < 1.29 is 19.1 Å². The Balaban J connectivity index is 2.81. The topological polar surface area (TPSA) is 78.4 Å². The van der Waals surface area contributed by atoms with Crippen LogP contribution in [0.1, 0.15) is 19.4 Å². The molecule has 1 atom stereocenters. The van der Waals surface area contributed by atoms with E-state index >= 15 is 0 Å². The van der Waals surface area contributed by atoms with Crippen LogP contribution in [0.3, 0.4) is 0 Å². The van der Waals surface area contributed by atoms with Crippen LogP contribution in [0.5, 0.6) is 0 Å². The zero-order chi connectivity index (χ0) is 15.4. The van der Waals surface area contributed by atoms with Crippen molar-refractivity contribution in [1.29, 1.82) is 0 Å². The van der Waals surface area contributed by atoms with E-state index in [1.807, 2.05) is 0 Å². The smallest absolute Gasteiger partial charge is 0.326 e. The van der Waals surface area contributed by atoms with E-state index in [9.17, 15) is 14.0 Å². The monoisotopic (exact) mass is 346 g/mol. The summed E-state index contributed by atoms with van der Waals surface area (Å²) in [6.07, 6.45) is 0. The van der Waals surface area contributed by atoms with Gasteiger partial charge >= 0.3 is 12.0 Å². The summed E-state index contributed by atoms with van der Waals surface area (Å²) in [5.74, 6) is -1.89. The molecule has 1 aromatic rings. The summed E-state index contributed by atoms with van der Waals surface area (Å²) in [6.45, 7) is 5.07. The average Bonchev–Trinajstić information content (AvgIpc) is 2.32. The van der Waals surface area contributed by atoms with Crippen molar-refractivity contribution >= 4 is 33.6 Å². The number of amides is 2. The van der Waals surface area contributed by atoms with E-state index in [0.717, 1.165) is 0 Å². The molecule has 1 rings (SSSR count). The van der Waals surface area contributed by atoms with E-state index in [1.165, 1.54) is 12.1 Å². The summed E-state index contributed by atoms with van der Waals surface area (Å²) in [7, 11) is 0. The molecule has 0 aliphatic carbocycles. The third kappa shape index (κ3) is 4.19. The van der Waals surface area contributed by atoms with Gasteiger partial charge in [-0.1, -0.05) is 13.8 Å². The molecule has 0 bridgehead atoms. The first-order valence-electron chi connectivity index (χ1n) is 5.98. The summed E-state index contributed by atoms with van der Waals surface area (Å²) < 4.78 is 13.7. The predicted molar refractivity (Wildman–Crippen MR) is 77.3 cm³/mol. The van der Waals surface area contributed by atoms with Gasteiger partial charge in [0, 0.05) is 5.69 Å². The average molecular weight is 347 g/mol. The minimum Gasteiger partial charge on any atom is -0.480 e. The minimum atomic E-state index is -1.12. The third-order valence-corrected chi connectivity index (χ3v) is 3.34. The second-order valence-electron chi connectivity index (χ2n) is 4.74. The standard InChI is InChI=1S/C13H16BrFN2O3/c1-6(2)11(12(18)19)17-13(20)16-10-5-9(15)8(14)4-7(10)3/h4-6,11H,1-3H3,(H,18,19)(H2,16,17,20). The van der Waals surface area contributed by atoms with Crippen molar-refractivity contribution in [2.45, 2.75) is 26.8 Å². The molecule has 0 aliphatic heterocycles. The largest absolute Gasteiger partial charge is 0.480 e. The van der Waals surface area contributed by atoms with Crippen LogP contribution in [-0.2, 0) is 4.79 Å². The highest BCUT2D eigenvalue weighted by Crippen LogP contribution is 2.23. The lowest BCUT2D eigenvalue weighted by Crippen LogP contribution is -2.46. The second-order valence-corrected chi connectivity index (χ2v) is 5.59. The number of rotatable bonds is 4. The zero-order valence-corrected chi connectivity index (χ0v) is 12.9. The molecule has 0 aliphatic rings. The van der Waals surface area contributed by atoms with Gasteiger partial charge in [-0.15, -0.1) is 0 Å². The van der Waals surface area contributed by atoms with Crippen LogP contribution in [0.15, 0.2) is 16.6 Å². The quantitative estimate of drug-likeness (QED) is 0.783. The maximum absolute atomic E-state index is 13.4. The molecular weight excluding hydrogens is 331 g/mol. The van der Waals surface area contributed by atoms with Gasteiger partial charge in [0.1, 0.15) is 11.9 Å². The molecule has 1 aromatic carbocycles. The molecule has 7 heteroatoms. The summed E-state index contributed by atoms with van der Waals surface area (Å²) >= 11 is 3.04. The molecule has 0 spiro atoms. The normalized spacial score (nSPS) is 12.1. The van der Waals surface area contributed by atoms with Crippen molar-refractivity contribution in [3.05, 3.63) is 28.0 Å². The van der Waals surface area contributed by atoms with Crippen LogP contribution in [0.2, 0.25) is 0 Å². The van der Waals surface area contributed by atoms with Crippen molar-refractivity contribution in [1.82, 2.24) is 5.32 Å². The molecule has 0 heterocycles. The maximum Gasteiger partial charge on any atom is 0.326 e. The van der Waals surface area contributed by atoms with Gasteiger partial charge < -0.3 is 15.7 Å². The first kappa shape index (κ1) is 16.4. The number of carboxylic acid groups (broad SMARTS) is 1. The van der Waals surface area contributed by atoms with Gasteiger partial charge in [0.2, 0.25) is 0 Å². The van der Waals surface area contributed by atoms with Crippen LogP contribution in [0.4, 0.5) is 14.9 Å². The maximum atomic E-state index is 13.4. The highest BCUT2D eigenvalue weighted by molar-refractivity contribution is 9.10. The minimum absolute atomic E-state index is 0.263. The van der Waals surface area contributed by atoms with Crippen molar-refractivity contribution in [2.75, 3.05) is 5.32 Å². The number of halogens is 2. The molecule has 3 N–H and O–H groups in total. The van der Waals surface area contributed by atoms with E-state index in [1.54, 1.807) is 20.8 Å². The number of urea groups is 1. The molecular formula is C13H16BrFN2O3. The van der Waals surface area contributed by atoms with Gasteiger partial charge in [-0.3, -0.25) is 0 Å². The molecule has 0 saturated heterocycles. The van der Waals surface area contributed by atoms with Crippen LogP contribution < -0.4 is 10.6 Å². The number of carbonyl (C=O) groups excluding carboxylic acids is 1. The lowest BCUT2D eigenvalue weighted by atomic mass is 10.1. The van der Waals surface area contributed by atoms with Crippen LogP contribution in [0.25, 0.3) is 0 Å². The van der Waals surface area contributed by atoms with Crippen LogP contribution >= 0.6 is 15.9 Å². The van der Waals surface area contributed by atoms with Gasteiger partial charge in [0.15, 0.2) is 0 Å². The van der Waals surface area contributed by atoms with E-state index in [-0.39, 0.29) is 11.6 Å². The number of hydrogen-bond donors (Lipinski definition) is 3. The number of benzene rings is 1. The first-order valence-corrected chi connectivity index (χ1v) is 6.77. The number of anilines is 1. The summed E-state index contributed by atoms with van der Waals surface area (Å²) in [6, 6.07) is 1.01. The molecule has 0 saturated carbocycles. The van der Waals surface area contributed by atoms with E-state index in [2.05, 4.69) is 26.6 Å². The number of nitrogens with one attached hydrogen (secondary N) is 2. The van der Waals surface area contributed by atoms with Gasteiger partial charge in [-0.05, 0) is 46.5 Å². The Morgan fingerprint density at radius 1 is 1.35 bits per heavy atom. The summed E-state index contributed by atoms with van der Waals surface area (Å²) in [5, 5.41) is 13.8. The Morgan fingerprint density at radius 2 is 1.95 bits per heavy atom. The number of aryl methyl sites for hydroxylation is 1. The number of hydrogen-bond acceptors (Lipinski definition) is 2. The molecule has 2 amide bonds. The fourth-order valence-corrected chi connectivity index (χ4v) is 2.05. The molecule has 0 radical (unpaired) electrons.